The Kier molecular flexibility index (Phi) is 6.07. The standard InChI is InChI=1S/C15H9ClF5NO4S/c16-10-11(18)12(19)13(20)14(21)15(10)27(25,26)22(6-9(23)24)5-7-3-1-2-4-8(7)17/h1-4H,5-6H2,(H,23,24). The van der Waals surface area contributed by atoms with Gasteiger partial charge in [0.1, 0.15) is 22.3 Å². The molecule has 2 aromatic rings. The second-order valence-electron chi connectivity index (χ2n) is 5.16. The summed E-state index contributed by atoms with van der Waals surface area (Å²) in [7, 11) is -5.30. The van der Waals surface area contributed by atoms with Crippen molar-refractivity contribution < 1.29 is 40.3 Å². The van der Waals surface area contributed by atoms with Crippen LogP contribution in [0.25, 0.3) is 0 Å². The summed E-state index contributed by atoms with van der Waals surface area (Å²) in [6.07, 6.45) is 0. The highest BCUT2D eigenvalue weighted by molar-refractivity contribution is 7.89. The van der Waals surface area contributed by atoms with Crippen molar-refractivity contribution in [1.82, 2.24) is 4.31 Å². The predicted molar refractivity (Wildman–Crippen MR) is 82.9 cm³/mol. The number of nitrogens with zero attached hydrogens (tertiary/aromatic N) is 1. The maximum absolute atomic E-state index is 14.0. The van der Waals surface area contributed by atoms with Gasteiger partial charge in [-0.3, -0.25) is 4.79 Å². The fourth-order valence-corrected chi connectivity index (χ4v) is 4.07. The molecule has 0 aliphatic carbocycles. The molecule has 0 saturated heterocycles. The van der Waals surface area contributed by atoms with Crippen molar-refractivity contribution >= 4 is 27.6 Å². The lowest BCUT2D eigenvalue weighted by Crippen LogP contribution is -2.36. The highest BCUT2D eigenvalue weighted by Gasteiger charge is 2.37. The summed E-state index contributed by atoms with van der Waals surface area (Å²) in [6.45, 7) is -2.23. The van der Waals surface area contributed by atoms with Crippen LogP contribution in [-0.4, -0.2) is 30.3 Å². The molecule has 2 aromatic carbocycles. The fraction of sp³-hybridized carbons (Fsp3) is 0.133. The minimum atomic E-state index is -5.30. The van der Waals surface area contributed by atoms with Gasteiger partial charge in [0.15, 0.2) is 23.3 Å². The van der Waals surface area contributed by atoms with Crippen LogP contribution in [0.1, 0.15) is 5.56 Å². The number of sulfonamides is 1. The molecule has 146 valence electrons. The lowest BCUT2D eigenvalue weighted by Gasteiger charge is -2.22. The van der Waals surface area contributed by atoms with Crippen molar-refractivity contribution in [2.24, 2.45) is 0 Å². The van der Waals surface area contributed by atoms with E-state index in [-0.39, 0.29) is 9.87 Å². The fourth-order valence-electron chi connectivity index (χ4n) is 2.13. The van der Waals surface area contributed by atoms with Gasteiger partial charge >= 0.3 is 5.97 Å². The minimum absolute atomic E-state index is 0.0365. The molecule has 0 atom stereocenters. The van der Waals surface area contributed by atoms with Crippen molar-refractivity contribution in [3.63, 3.8) is 0 Å². The first-order valence-corrected chi connectivity index (χ1v) is 8.77. The number of halogens is 6. The monoisotopic (exact) mass is 429 g/mol. The van der Waals surface area contributed by atoms with Crippen LogP contribution in [0.3, 0.4) is 0 Å². The third-order valence-electron chi connectivity index (χ3n) is 3.38. The van der Waals surface area contributed by atoms with E-state index in [1.807, 2.05) is 0 Å². The Bertz CT molecular complexity index is 987. The van der Waals surface area contributed by atoms with Crippen LogP contribution in [0.15, 0.2) is 29.2 Å². The Labute approximate surface area is 154 Å². The van der Waals surface area contributed by atoms with E-state index in [1.165, 1.54) is 12.1 Å². The molecule has 1 N–H and O–H groups in total. The van der Waals surface area contributed by atoms with E-state index >= 15 is 0 Å². The maximum atomic E-state index is 14.0. The zero-order valence-electron chi connectivity index (χ0n) is 13.0. The van der Waals surface area contributed by atoms with Crippen molar-refractivity contribution in [2.45, 2.75) is 11.4 Å². The molecule has 5 nitrogen and oxygen atoms in total. The van der Waals surface area contributed by atoms with Gasteiger partial charge in [-0.05, 0) is 6.07 Å². The largest absolute Gasteiger partial charge is 0.480 e. The lowest BCUT2D eigenvalue weighted by atomic mass is 10.2. The third-order valence-corrected chi connectivity index (χ3v) is 5.69. The summed E-state index contributed by atoms with van der Waals surface area (Å²) in [5, 5.41) is 7.30. The second-order valence-corrected chi connectivity index (χ2v) is 7.41. The number of hydrogen-bond acceptors (Lipinski definition) is 3. The molecule has 0 bridgehead atoms. The van der Waals surface area contributed by atoms with Crippen molar-refractivity contribution in [3.8, 4) is 0 Å². The summed E-state index contributed by atoms with van der Waals surface area (Å²) in [4.78, 5) is 9.19. The highest BCUT2D eigenvalue weighted by Crippen LogP contribution is 2.34. The minimum Gasteiger partial charge on any atom is -0.480 e. The van der Waals surface area contributed by atoms with E-state index < -0.39 is 68.1 Å². The zero-order chi connectivity index (χ0) is 20.5. The number of carboxylic acids is 1. The van der Waals surface area contributed by atoms with Gasteiger partial charge in [-0.25, -0.2) is 30.4 Å². The Morgan fingerprint density at radius 1 is 1.00 bits per heavy atom. The molecule has 0 unspecified atom stereocenters. The Balaban J connectivity index is 2.65. The van der Waals surface area contributed by atoms with Gasteiger partial charge < -0.3 is 5.11 Å². The SMILES string of the molecule is O=C(O)CN(Cc1ccccc1F)S(=O)(=O)c1c(F)c(F)c(F)c(F)c1Cl. The van der Waals surface area contributed by atoms with Crippen molar-refractivity contribution in [1.29, 1.82) is 0 Å². The van der Waals surface area contributed by atoms with E-state index in [0.29, 0.717) is 0 Å². The van der Waals surface area contributed by atoms with Crippen LogP contribution < -0.4 is 0 Å². The van der Waals surface area contributed by atoms with E-state index in [9.17, 15) is 35.2 Å². The van der Waals surface area contributed by atoms with Gasteiger partial charge in [0.2, 0.25) is 10.0 Å². The first-order chi connectivity index (χ1) is 12.5. The van der Waals surface area contributed by atoms with Gasteiger partial charge in [-0.1, -0.05) is 29.8 Å². The average Bonchev–Trinajstić information content (AvgIpc) is 2.59. The van der Waals surface area contributed by atoms with Gasteiger partial charge in [-0.2, -0.15) is 4.31 Å². The number of aliphatic carboxylic acids is 1. The molecule has 0 amide bonds. The Morgan fingerprint density at radius 3 is 2.11 bits per heavy atom. The highest BCUT2D eigenvalue weighted by atomic mass is 35.5. The van der Waals surface area contributed by atoms with Crippen LogP contribution in [-0.2, 0) is 21.4 Å². The summed E-state index contributed by atoms with van der Waals surface area (Å²) in [5.74, 6) is -11.9. The van der Waals surface area contributed by atoms with Crippen LogP contribution in [0.4, 0.5) is 22.0 Å². The Hall–Kier alpha value is -2.24. The molecule has 0 aliphatic heterocycles. The number of benzene rings is 2. The van der Waals surface area contributed by atoms with Gasteiger partial charge in [0, 0.05) is 12.1 Å². The number of rotatable bonds is 6. The first kappa shape index (κ1) is 21.1. The lowest BCUT2D eigenvalue weighted by molar-refractivity contribution is -0.137. The number of carbonyl (C=O) groups is 1. The Morgan fingerprint density at radius 2 is 1.56 bits per heavy atom. The maximum Gasteiger partial charge on any atom is 0.318 e. The van der Waals surface area contributed by atoms with Crippen molar-refractivity contribution in [3.05, 3.63) is 63.9 Å². The summed E-state index contributed by atoms with van der Waals surface area (Å²) < 4.78 is 93.3. The van der Waals surface area contributed by atoms with Gasteiger partial charge in [0.05, 0.1) is 0 Å². The van der Waals surface area contributed by atoms with Crippen LogP contribution in [0, 0.1) is 29.1 Å². The third kappa shape index (κ3) is 4.04. The summed E-state index contributed by atoms with van der Waals surface area (Å²) in [5.41, 5.74) is -0.304. The van der Waals surface area contributed by atoms with E-state index in [2.05, 4.69) is 0 Å². The van der Waals surface area contributed by atoms with Crippen LogP contribution in [0.5, 0.6) is 0 Å². The van der Waals surface area contributed by atoms with E-state index in [4.69, 9.17) is 16.7 Å². The van der Waals surface area contributed by atoms with Crippen LogP contribution in [0.2, 0.25) is 5.02 Å². The summed E-state index contributed by atoms with van der Waals surface area (Å²) >= 11 is 5.33. The smallest absolute Gasteiger partial charge is 0.318 e. The molecule has 0 heterocycles. The normalized spacial score (nSPS) is 11.8. The van der Waals surface area contributed by atoms with E-state index in [1.54, 1.807) is 0 Å². The molecule has 0 saturated carbocycles. The van der Waals surface area contributed by atoms with E-state index in [0.717, 1.165) is 12.1 Å². The topological polar surface area (TPSA) is 74.7 Å². The second kappa shape index (κ2) is 7.79. The molecule has 0 spiro atoms. The predicted octanol–water partition coefficient (Wildman–Crippen LogP) is 3.31. The molecule has 12 heteroatoms. The average molecular weight is 430 g/mol. The molecule has 0 radical (unpaired) electrons. The quantitative estimate of drug-likeness (QED) is 0.434. The number of hydrogen-bond donors (Lipinski definition) is 1. The molecule has 0 fully saturated rings. The van der Waals surface area contributed by atoms with Crippen LogP contribution >= 0.6 is 11.6 Å². The number of carboxylic acid groups (broad SMARTS) is 1. The molecule has 0 aromatic heterocycles. The van der Waals surface area contributed by atoms with Gasteiger partial charge in [0.25, 0.3) is 0 Å². The molecule has 27 heavy (non-hydrogen) atoms. The molecule has 2 rings (SSSR count). The first-order valence-electron chi connectivity index (χ1n) is 6.95. The molecular formula is C15H9ClF5NO4S. The van der Waals surface area contributed by atoms with Gasteiger partial charge in [-0.15, -0.1) is 0 Å². The van der Waals surface area contributed by atoms with Crippen molar-refractivity contribution in [2.75, 3.05) is 6.54 Å². The molecular weight excluding hydrogens is 421 g/mol. The summed E-state index contributed by atoms with van der Waals surface area (Å²) in [6, 6.07) is 4.65. The zero-order valence-corrected chi connectivity index (χ0v) is 14.6. The molecule has 0 aliphatic rings.